The Morgan fingerprint density at radius 1 is 0.812 bits per heavy atom. The molecular formula is C14H26N2. The zero-order chi connectivity index (χ0) is 11.5. The van der Waals surface area contributed by atoms with Crippen LogP contribution in [0.25, 0.3) is 0 Å². The molecule has 2 aliphatic heterocycles. The van der Waals surface area contributed by atoms with Gasteiger partial charge in [0, 0.05) is 26.2 Å². The Hall–Kier alpha value is -0.660. The van der Waals surface area contributed by atoms with Crippen molar-refractivity contribution in [3.05, 3.63) is 12.4 Å². The van der Waals surface area contributed by atoms with Crippen molar-refractivity contribution in [2.75, 3.05) is 26.2 Å². The standard InChI is InChI=1S/C14H26N2/c1-12-4-8-15(9-5-12)14(3)16-10-6-13(2)7-11-16/h12-13H,3-11H2,1-2H3. The highest BCUT2D eigenvalue weighted by atomic mass is 15.3. The first-order chi connectivity index (χ1) is 7.66. The molecule has 2 heterocycles. The van der Waals surface area contributed by atoms with Crippen molar-refractivity contribution in [2.24, 2.45) is 11.8 Å². The molecule has 0 radical (unpaired) electrons. The Morgan fingerprint density at radius 2 is 1.12 bits per heavy atom. The maximum absolute atomic E-state index is 4.30. The first-order valence-corrected chi connectivity index (χ1v) is 6.85. The van der Waals surface area contributed by atoms with Crippen LogP contribution in [0.5, 0.6) is 0 Å². The van der Waals surface area contributed by atoms with E-state index in [2.05, 4.69) is 30.2 Å². The number of hydrogen-bond donors (Lipinski definition) is 0. The van der Waals surface area contributed by atoms with Crippen LogP contribution in [0.15, 0.2) is 12.4 Å². The van der Waals surface area contributed by atoms with Crippen molar-refractivity contribution in [3.8, 4) is 0 Å². The summed E-state index contributed by atoms with van der Waals surface area (Å²) in [5.74, 6) is 3.11. The molecule has 0 unspecified atom stereocenters. The van der Waals surface area contributed by atoms with Gasteiger partial charge in [0.15, 0.2) is 0 Å². The SMILES string of the molecule is C=C(N1CCC(C)CC1)N1CCC(C)CC1. The molecule has 0 aromatic carbocycles. The minimum Gasteiger partial charge on any atom is -0.359 e. The second kappa shape index (κ2) is 5.11. The van der Waals surface area contributed by atoms with E-state index in [1.165, 1.54) is 57.7 Å². The van der Waals surface area contributed by atoms with Crippen LogP contribution in [0.3, 0.4) is 0 Å². The summed E-state index contributed by atoms with van der Waals surface area (Å²) in [6, 6.07) is 0. The van der Waals surface area contributed by atoms with Gasteiger partial charge >= 0.3 is 0 Å². The number of nitrogens with zero attached hydrogens (tertiary/aromatic N) is 2. The zero-order valence-corrected chi connectivity index (χ0v) is 10.9. The Balaban J connectivity index is 1.83. The molecule has 2 nitrogen and oxygen atoms in total. The lowest BCUT2D eigenvalue weighted by Gasteiger charge is -2.41. The molecular weight excluding hydrogens is 196 g/mol. The predicted molar refractivity (Wildman–Crippen MR) is 69.1 cm³/mol. The Bertz CT molecular complexity index is 209. The average Bonchev–Trinajstić information content (AvgIpc) is 2.30. The van der Waals surface area contributed by atoms with Crippen molar-refractivity contribution in [1.82, 2.24) is 9.80 Å². The highest BCUT2D eigenvalue weighted by Crippen LogP contribution is 2.24. The largest absolute Gasteiger partial charge is 0.359 e. The van der Waals surface area contributed by atoms with Crippen LogP contribution in [0.4, 0.5) is 0 Å². The maximum Gasteiger partial charge on any atom is 0.0965 e. The van der Waals surface area contributed by atoms with Crippen LogP contribution in [0.2, 0.25) is 0 Å². The molecule has 0 atom stereocenters. The van der Waals surface area contributed by atoms with E-state index in [-0.39, 0.29) is 0 Å². The van der Waals surface area contributed by atoms with Crippen molar-refractivity contribution < 1.29 is 0 Å². The average molecular weight is 222 g/mol. The highest BCUT2D eigenvalue weighted by Gasteiger charge is 2.22. The lowest BCUT2D eigenvalue weighted by molar-refractivity contribution is 0.138. The molecule has 0 spiro atoms. The third-order valence-electron chi connectivity index (χ3n) is 4.30. The molecule has 0 aromatic heterocycles. The van der Waals surface area contributed by atoms with Gasteiger partial charge in [0.25, 0.3) is 0 Å². The minimum atomic E-state index is 0.908. The van der Waals surface area contributed by atoms with Crippen molar-refractivity contribution in [3.63, 3.8) is 0 Å². The smallest absolute Gasteiger partial charge is 0.0965 e. The topological polar surface area (TPSA) is 6.48 Å². The van der Waals surface area contributed by atoms with Crippen LogP contribution in [0.1, 0.15) is 39.5 Å². The van der Waals surface area contributed by atoms with Crippen molar-refractivity contribution >= 4 is 0 Å². The molecule has 0 saturated carbocycles. The lowest BCUT2D eigenvalue weighted by atomic mass is 9.98. The summed E-state index contributed by atoms with van der Waals surface area (Å²) < 4.78 is 0. The van der Waals surface area contributed by atoms with Gasteiger partial charge in [-0.2, -0.15) is 0 Å². The van der Waals surface area contributed by atoms with Crippen LogP contribution in [0, 0.1) is 11.8 Å². The summed E-state index contributed by atoms with van der Waals surface area (Å²) >= 11 is 0. The number of piperidine rings is 2. The second-order valence-corrected chi connectivity index (χ2v) is 5.76. The van der Waals surface area contributed by atoms with Gasteiger partial charge in [0.05, 0.1) is 5.82 Å². The summed E-state index contributed by atoms with van der Waals surface area (Å²) in [6.45, 7) is 13.9. The first kappa shape index (κ1) is 11.8. The van der Waals surface area contributed by atoms with E-state index < -0.39 is 0 Å². The summed E-state index contributed by atoms with van der Waals surface area (Å²) in [5.41, 5.74) is 0. The van der Waals surface area contributed by atoms with E-state index in [0.29, 0.717) is 0 Å². The van der Waals surface area contributed by atoms with E-state index in [1.807, 2.05) is 0 Å². The molecule has 0 N–H and O–H groups in total. The monoisotopic (exact) mass is 222 g/mol. The van der Waals surface area contributed by atoms with E-state index >= 15 is 0 Å². The van der Waals surface area contributed by atoms with Crippen LogP contribution >= 0.6 is 0 Å². The van der Waals surface area contributed by atoms with Crippen LogP contribution in [-0.2, 0) is 0 Å². The normalized spacial score (nSPS) is 24.9. The van der Waals surface area contributed by atoms with E-state index in [4.69, 9.17) is 0 Å². The summed E-state index contributed by atoms with van der Waals surface area (Å²) in [7, 11) is 0. The van der Waals surface area contributed by atoms with Crippen molar-refractivity contribution in [1.29, 1.82) is 0 Å². The molecule has 0 aliphatic carbocycles. The molecule has 0 amide bonds. The second-order valence-electron chi connectivity index (χ2n) is 5.76. The Morgan fingerprint density at radius 3 is 1.44 bits per heavy atom. The Kier molecular flexibility index (Phi) is 3.78. The number of likely N-dealkylation sites (tertiary alicyclic amines) is 2. The molecule has 2 saturated heterocycles. The molecule has 2 fully saturated rings. The van der Waals surface area contributed by atoms with Crippen LogP contribution < -0.4 is 0 Å². The minimum absolute atomic E-state index is 0.908. The van der Waals surface area contributed by atoms with Crippen LogP contribution in [-0.4, -0.2) is 36.0 Å². The fourth-order valence-corrected chi connectivity index (χ4v) is 2.73. The fourth-order valence-electron chi connectivity index (χ4n) is 2.73. The summed E-state index contributed by atoms with van der Waals surface area (Å²) in [5, 5.41) is 0. The molecule has 0 aromatic rings. The first-order valence-electron chi connectivity index (χ1n) is 6.85. The maximum atomic E-state index is 4.30. The van der Waals surface area contributed by atoms with Gasteiger partial charge in [-0.15, -0.1) is 0 Å². The van der Waals surface area contributed by atoms with Gasteiger partial charge in [-0.25, -0.2) is 0 Å². The van der Waals surface area contributed by atoms with E-state index in [9.17, 15) is 0 Å². The molecule has 0 bridgehead atoms. The third-order valence-corrected chi connectivity index (χ3v) is 4.30. The third kappa shape index (κ3) is 2.72. The quantitative estimate of drug-likeness (QED) is 0.709. The number of rotatable bonds is 2. The van der Waals surface area contributed by atoms with Gasteiger partial charge in [0.2, 0.25) is 0 Å². The fraction of sp³-hybridized carbons (Fsp3) is 0.857. The van der Waals surface area contributed by atoms with Gasteiger partial charge in [0.1, 0.15) is 0 Å². The highest BCUT2D eigenvalue weighted by molar-refractivity contribution is 4.97. The lowest BCUT2D eigenvalue weighted by Crippen LogP contribution is -2.42. The molecule has 2 heteroatoms. The Labute approximate surface area is 100 Å². The van der Waals surface area contributed by atoms with E-state index in [1.54, 1.807) is 0 Å². The summed E-state index contributed by atoms with van der Waals surface area (Å²) in [4.78, 5) is 4.99. The van der Waals surface area contributed by atoms with Gasteiger partial charge < -0.3 is 9.80 Å². The molecule has 16 heavy (non-hydrogen) atoms. The van der Waals surface area contributed by atoms with Gasteiger partial charge in [-0.3, -0.25) is 0 Å². The van der Waals surface area contributed by atoms with E-state index in [0.717, 1.165) is 11.8 Å². The molecule has 2 rings (SSSR count). The molecule has 2 aliphatic rings. The zero-order valence-electron chi connectivity index (χ0n) is 10.9. The summed E-state index contributed by atoms with van der Waals surface area (Å²) in [6.07, 6.45) is 5.35. The number of hydrogen-bond acceptors (Lipinski definition) is 2. The van der Waals surface area contributed by atoms with Gasteiger partial charge in [-0.05, 0) is 37.5 Å². The molecule has 92 valence electrons. The van der Waals surface area contributed by atoms with Gasteiger partial charge in [-0.1, -0.05) is 20.4 Å². The predicted octanol–water partition coefficient (Wildman–Crippen LogP) is 2.92. The van der Waals surface area contributed by atoms with Crippen molar-refractivity contribution in [2.45, 2.75) is 39.5 Å².